The van der Waals surface area contributed by atoms with Crippen molar-refractivity contribution >= 4 is 45.5 Å². The number of hydrogen-bond donors (Lipinski definition) is 5. The number of urea groups is 1. The quantitative estimate of drug-likeness (QED) is 0.119. The molecule has 0 aliphatic carbocycles. The number of aromatic nitrogens is 5. The summed E-state index contributed by atoms with van der Waals surface area (Å²) in [6.45, 7) is 5.66. The van der Waals surface area contributed by atoms with Gasteiger partial charge in [-0.2, -0.15) is 5.10 Å². The molecule has 2 saturated heterocycles. The van der Waals surface area contributed by atoms with Crippen molar-refractivity contribution in [1.29, 1.82) is 0 Å². The molecule has 5 aromatic rings. The molecule has 15 nitrogen and oxygen atoms in total. The van der Waals surface area contributed by atoms with Crippen LogP contribution in [0.15, 0.2) is 72.0 Å². The first-order valence-corrected chi connectivity index (χ1v) is 19.2. The van der Waals surface area contributed by atoms with Gasteiger partial charge in [0.05, 0.1) is 11.7 Å². The van der Waals surface area contributed by atoms with E-state index in [4.69, 9.17) is 5.73 Å². The fourth-order valence-electron chi connectivity index (χ4n) is 7.85. The standard InChI is InChI=1S/C40H49N11O4/c1-26-21-27(22-30-25-44-48-35(26)30)23-34(46-40(55)51-15-9-28(10-16-51)32-24-29-5-4-12-43-36(29)47-37(32)52)38(53)45-33(6-2-3-11-41)39(54)50-19-17-49(18-20-50)31-7-13-42-14-8-31/h4-5,7-8,12-14,21-22,24-25,28,33-34H,2-3,6,9-11,15-20,23,41H2,1H3,(H,44,48)(H,45,53)(H,46,55)(H,43,47,52). The Hall–Kier alpha value is -5.83. The number of piperidine rings is 1. The minimum absolute atomic E-state index is 0.0203. The molecule has 2 atom stereocenters. The van der Waals surface area contributed by atoms with E-state index in [0.717, 1.165) is 39.5 Å². The van der Waals surface area contributed by atoms with Crippen molar-refractivity contribution in [2.24, 2.45) is 5.73 Å². The number of aryl methyl sites for hydroxylation is 1. The van der Waals surface area contributed by atoms with Crippen LogP contribution in [0.3, 0.4) is 0 Å². The van der Waals surface area contributed by atoms with Crippen LogP contribution in [0.1, 0.15) is 54.7 Å². The van der Waals surface area contributed by atoms with Gasteiger partial charge < -0.3 is 36.1 Å². The molecule has 288 valence electrons. The highest BCUT2D eigenvalue weighted by Gasteiger charge is 2.33. The molecule has 0 spiro atoms. The maximum Gasteiger partial charge on any atom is 0.318 e. The van der Waals surface area contributed by atoms with Gasteiger partial charge in [0, 0.05) is 86.3 Å². The van der Waals surface area contributed by atoms with E-state index in [0.29, 0.717) is 82.7 Å². The zero-order valence-electron chi connectivity index (χ0n) is 31.2. The Morgan fingerprint density at radius 1 is 0.909 bits per heavy atom. The van der Waals surface area contributed by atoms with Crippen molar-refractivity contribution in [3.63, 3.8) is 0 Å². The second kappa shape index (κ2) is 17.1. The molecule has 15 heteroatoms. The number of anilines is 1. The van der Waals surface area contributed by atoms with Crippen LogP contribution in [0, 0.1) is 6.92 Å². The van der Waals surface area contributed by atoms with E-state index in [9.17, 15) is 19.2 Å². The Morgan fingerprint density at radius 2 is 1.69 bits per heavy atom. The van der Waals surface area contributed by atoms with E-state index >= 15 is 0 Å². The van der Waals surface area contributed by atoms with Crippen LogP contribution >= 0.6 is 0 Å². The first kappa shape index (κ1) is 37.5. The van der Waals surface area contributed by atoms with Crippen molar-refractivity contribution in [3.8, 4) is 0 Å². The zero-order valence-corrected chi connectivity index (χ0v) is 31.2. The van der Waals surface area contributed by atoms with Crippen molar-refractivity contribution in [2.45, 2.75) is 63.5 Å². The van der Waals surface area contributed by atoms with Crippen molar-refractivity contribution in [1.82, 2.24) is 45.6 Å². The normalized spacial score (nSPS) is 16.3. The third-order valence-electron chi connectivity index (χ3n) is 10.9. The Bertz CT molecular complexity index is 2170. The van der Waals surface area contributed by atoms with Crippen LogP contribution in [-0.4, -0.2) is 111 Å². The summed E-state index contributed by atoms with van der Waals surface area (Å²) in [6, 6.07) is 11.4. The molecule has 1 aromatic carbocycles. The van der Waals surface area contributed by atoms with E-state index < -0.39 is 18.0 Å². The second-order valence-corrected chi connectivity index (χ2v) is 14.6. The van der Waals surface area contributed by atoms with Crippen molar-refractivity contribution < 1.29 is 14.4 Å². The first-order valence-electron chi connectivity index (χ1n) is 19.2. The molecule has 7 rings (SSSR count). The Labute approximate surface area is 319 Å². The summed E-state index contributed by atoms with van der Waals surface area (Å²) in [5.41, 5.74) is 10.7. The van der Waals surface area contributed by atoms with Gasteiger partial charge in [-0.15, -0.1) is 0 Å². The van der Waals surface area contributed by atoms with Gasteiger partial charge in [-0.3, -0.25) is 24.5 Å². The molecule has 0 radical (unpaired) electrons. The number of H-pyrrole nitrogens is 2. The lowest BCUT2D eigenvalue weighted by Gasteiger charge is -2.38. The Kier molecular flexibility index (Phi) is 11.7. The number of piperazine rings is 1. The maximum absolute atomic E-state index is 14.3. The predicted octanol–water partition coefficient (Wildman–Crippen LogP) is 2.97. The number of fused-ring (bicyclic) bond motifs is 2. The SMILES string of the molecule is Cc1cc(CC(NC(=O)N2CCC(c3cc4cccnc4[nH]c3=O)CC2)C(=O)NC(CCCCN)C(=O)N2CCN(c3ccncc3)CC2)cc2cn[nH]c12. The number of pyridine rings is 3. The van der Waals surface area contributed by atoms with Crippen molar-refractivity contribution in [2.75, 3.05) is 50.7 Å². The number of nitrogens with zero attached hydrogens (tertiary/aromatic N) is 6. The number of carbonyl (C=O) groups is 3. The summed E-state index contributed by atoms with van der Waals surface area (Å²) in [6.07, 6.45) is 10.1. The number of nitrogens with one attached hydrogen (secondary N) is 4. The molecule has 2 aliphatic heterocycles. The first-order chi connectivity index (χ1) is 26.8. The molecule has 0 bridgehead atoms. The maximum atomic E-state index is 14.3. The third kappa shape index (κ3) is 8.78. The van der Waals surface area contributed by atoms with Gasteiger partial charge in [0.15, 0.2) is 0 Å². The smallest absolute Gasteiger partial charge is 0.318 e. The summed E-state index contributed by atoms with van der Waals surface area (Å²) in [5.74, 6) is -0.582. The summed E-state index contributed by atoms with van der Waals surface area (Å²) in [5, 5.41) is 15.0. The number of unbranched alkanes of at least 4 members (excludes halogenated alkanes) is 1. The molecule has 4 amide bonds. The van der Waals surface area contributed by atoms with Crippen LogP contribution in [0.2, 0.25) is 0 Å². The average Bonchev–Trinajstić information content (AvgIpc) is 3.70. The summed E-state index contributed by atoms with van der Waals surface area (Å²) in [4.78, 5) is 72.2. The number of rotatable bonds is 12. The van der Waals surface area contributed by atoms with Crippen LogP contribution in [0.4, 0.5) is 10.5 Å². The monoisotopic (exact) mass is 747 g/mol. The predicted molar refractivity (Wildman–Crippen MR) is 211 cm³/mol. The molecule has 2 fully saturated rings. The zero-order chi connectivity index (χ0) is 38.3. The minimum Gasteiger partial charge on any atom is -0.368 e. The fraction of sp³-hybridized carbons (Fsp3) is 0.425. The molecular formula is C40H49N11O4. The van der Waals surface area contributed by atoms with Crippen molar-refractivity contribution in [3.05, 3.63) is 94.3 Å². The molecule has 2 unspecified atom stereocenters. The number of hydrogen-bond acceptors (Lipinski definition) is 9. The molecular weight excluding hydrogens is 699 g/mol. The number of likely N-dealkylation sites (tertiary alicyclic amines) is 1. The van der Waals surface area contributed by atoms with Gasteiger partial charge in [0.2, 0.25) is 11.8 Å². The van der Waals surface area contributed by atoms with Crippen LogP contribution in [0.5, 0.6) is 0 Å². The number of carbonyl (C=O) groups excluding carboxylic acids is 3. The highest BCUT2D eigenvalue weighted by molar-refractivity contribution is 5.92. The van der Waals surface area contributed by atoms with E-state index in [1.165, 1.54) is 0 Å². The molecule has 4 aromatic heterocycles. The lowest BCUT2D eigenvalue weighted by Crippen LogP contribution is -2.59. The lowest BCUT2D eigenvalue weighted by molar-refractivity contribution is -0.137. The van der Waals surface area contributed by atoms with E-state index in [1.54, 1.807) is 29.7 Å². The van der Waals surface area contributed by atoms with Crippen LogP contribution in [-0.2, 0) is 16.0 Å². The molecule has 2 aliphatic rings. The second-order valence-electron chi connectivity index (χ2n) is 14.6. The van der Waals surface area contributed by atoms with Gasteiger partial charge in [-0.25, -0.2) is 9.78 Å². The number of aromatic amines is 2. The topological polar surface area (TPSA) is 198 Å². The molecule has 6 N–H and O–H groups in total. The molecule has 6 heterocycles. The lowest BCUT2D eigenvalue weighted by atomic mass is 9.90. The minimum atomic E-state index is -0.960. The fourth-order valence-corrected chi connectivity index (χ4v) is 7.85. The van der Waals surface area contributed by atoms with Crippen LogP contribution < -0.4 is 26.8 Å². The van der Waals surface area contributed by atoms with Gasteiger partial charge >= 0.3 is 6.03 Å². The molecule has 0 saturated carbocycles. The Balaban J connectivity index is 1.05. The average molecular weight is 748 g/mol. The number of amides is 4. The van der Waals surface area contributed by atoms with E-state index in [1.807, 2.05) is 54.3 Å². The summed E-state index contributed by atoms with van der Waals surface area (Å²) >= 11 is 0. The highest BCUT2D eigenvalue weighted by Crippen LogP contribution is 2.27. The van der Waals surface area contributed by atoms with Gasteiger partial charge in [-0.1, -0.05) is 6.07 Å². The Morgan fingerprint density at radius 3 is 2.45 bits per heavy atom. The van der Waals surface area contributed by atoms with E-state index in [-0.39, 0.29) is 29.8 Å². The van der Waals surface area contributed by atoms with Crippen LogP contribution in [0.25, 0.3) is 21.9 Å². The highest BCUT2D eigenvalue weighted by atomic mass is 16.2. The van der Waals surface area contributed by atoms with Gasteiger partial charge in [0.1, 0.15) is 17.7 Å². The number of benzene rings is 1. The van der Waals surface area contributed by atoms with Gasteiger partial charge in [0.25, 0.3) is 5.56 Å². The summed E-state index contributed by atoms with van der Waals surface area (Å²) in [7, 11) is 0. The van der Waals surface area contributed by atoms with Gasteiger partial charge in [-0.05, 0) is 99.0 Å². The van der Waals surface area contributed by atoms with E-state index in [2.05, 4.69) is 40.7 Å². The number of nitrogens with two attached hydrogens (primary N) is 1. The molecule has 55 heavy (non-hydrogen) atoms. The summed E-state index contributed by atoms with van der Waals surface area (Å²) < 4.78 is 0. The largest absolute Gasteiger partial charge is 0.368 e. The third-order valence-corrected chi connectivity index (χ3v) is 10.9.